The third kappa shape index (κ3) is 0.970. The number of carbonyl (C=O) groups excluding carboxylic acids is 1. The van der Waals surface area contributed by atoms with Crippen molar-refractivity contribution in [2.45, 2.75) is 19.3 Å². The molecular formula is C6H8O5. The second kappa shape index (κ2) is 2.50. The summed E-state index contributed by atoms with van der Waals surface area (Å²) in [5.74, 6) is -2.28. The topological polar surface area (TPSA) is 83.8 Å². The predicted molar refractivity (Wildman–Crippen MR) is 32.6 cm³/mol. The standard InChI is InChI=1S/C6H8O5/c7-4(8)6(2-1-3-6)5(9)11-10/h10H,1-3H2,(H,7,8). The Labute approximate surface area is 62.5 Å². The highest BCUT2D eigenvalue weighted by Gasteiger charge is 2.53. The van der Waals surface area contributed by atoms with Gasteiger partial charge in [0.1, 0.15) is 0 Å². The Morgan fingerprint density at radius 1 is 1.36 bits per heavy atom. The average Bonchev–Trinajstić information content (AvgIpc) is 1.84. The first-order valence-corrected chi connectivity index (χ1v) is 3.23. The van der Waals surface area contributed by atoms with E-state index in [1.54, 1.807) is 0 Å². The summed E-state index contributed by atoms with van der Waals surface area (Å²) in [6.45, 7) is 0. The molecular weight excluding hydrogens is 152 g/mol. The molecule has 1 saturated carbocycles. The molecule has 0 spiro atoms. The fourth-order valence-electron chi connectivity index (χ4n) is 1.12. The molecule has 5 heteroatoms. The maximum atomic E-state index is 10.7. The van der Waals surface area contributed by atoms with Gasteiger partial charge in [-0.1, -0.05) is 0 Å². The Morgan fingerprint density at radius 2 is 1.91 bits per heavy atom. The van der Waals surface area contributed by atoms with Crippen LogP contribution in [0.25, 0.3) is 0 Å². The lowest BCUT2D eigenvalue weighted by Crippen LogP contribution is -2.45. The molecule has 0 atom stereocenters. The van der Waals surface area contributed by atoms with Crippen molar-refractivity contribution < 1.29 is 24.8 Å². The lowest BCUT2D eigenvalue weighted by Gasteiger charge is -2.33. The summed E-state index contributed by atoms with van der Waals surface area (Å²) >= 11 is 0. The number of hydrogen-bond acceptors (Lipinski definition) is 4. The van der Waals surface area contributed by atoms with Gasteiger partial charge in [-0.05, 0) is 19.3 Å². The normalized spacial score (nSPS) is 20.1. The van der Waals surface area contributed by atoms with Gasteiger partial charge in [0.2, 0.25) is 0 Å². The molecule has 11 heavy (non-hydrogen) atoms. The zero-order valence-corrected chi connectivity index (χ0v) is 5.74. The van der Waals surface area contributed by atoms with Crippen LogP contribution >= 0.6 is 0 Å². The van der Waals surface area contributed by atoms with Crippen LogP contribution in [0.2, 0.25) is 0 Å². The number of carboxylic acid groups (broad SMARTS) is 1. The molecule has 2 N–H and O–H groups in total. The molecule has 1 rings (SSSR count). The highest BCUT2D eigenvalue weighted by molar-refractivity contribution is 5.99. The van der Waals surface area contributed by atoms with Crippen LogP contribution in [0, 0.1) is 5.41 Å². The molecule has 0 radical (unpaired) electrons. The van der Waals surface area contributed by atoms with E-state index in [1.807, 2.05) is 0 Å². The van der Waals surface area contributed by atoms with Crippen molar-refractivity contribution in [3.63, 3.8) is 0 Å². The molecule has 0 aromatic rings. The van der Waals surface area contributed by atoms with E-state index in [9.17, 15) is 9.59 Å². The van der Waals surface area contributed by atoms with Gasteiger partial charge in [0.15, 0.2) is 5.41 Å². The largest absolute Gasteiger partial charge is 0.480 e. The van der Waals surface area contributed by atoms with Gasteiger partial charge in [0.25, 0.3) is 0 Å². The van der Waals surface area contributed by atoms with Crippen LogP contribution in [-0.2, 0) is 14.5 Å². The lowest BCUT2D eigenvalue weighted by atomic mass is 9.69. The summed E-state index contributed by atoms with van der Waals surface area (Å²) < 4.78 is 0. The zero-order chi connectivity index (χ0) is 8.48. The van der Waals surface area contributed by atoms with Crippen LogP contribution in [0.5, 0.6) is 0 Å². The molecule has 0 saturated heterocycles. The van der Waals surface area contributed by atoms with Crippen molar-refractivity contribution in [2.24, 2.45) is 5.41 Å². The van der Waals surface area contributed by atoms with Crippen molar-refractivity contribution in [1.29, 1.82) is 0 Å². The molecule has 5 nitrogen and oxygen atoms in total. The van der Waals surface area contributed by atoms with E-state index in [0.29, 0.717) is 6.42 Å². The molecule has 0 aromatic heterocycles. The summed E-state index contributed by atoms with van der Waals surface area (Å²) in [6.07, 6.45) is 1.19. The Hall–Kier alpha value is -1.10. The quantitative estimate of drug-likeness (QED) is 0.344. The van der Waals surface area contributed by atoms with E-state index >= 15 is 0 Å². The molecule has 1 aliphatic rings. The van der Waals surface area contributed by atoms with Crippen LogP contribution in [0.3, 0.4) is 0 Å². The van der Waals surface area contributed by atoms with Gasteiger partial charge in [-0.25, -0.2) is 4.79 Å². The first-order chi connectivity index (χ1) is 5.13. The van der Waals surface area contributed by atoms with Crippen molar-refractivity contribution in [2.75, 3.05) is 0 Å². The highest BCUT2D eigenvalue weighted by atomic mass is 17.1. The minimum atomic E-state index is -1.46. The number of carboxylic acids is 1. The Morgan fingerprint density at radius 3 is 2.00 bits per heavy atom. The lowest BCUT2D eigenvalue weighted by molar-refractivity contribution is -0.250. The molecule has 0 heterocycles. The first-order valence-electron chi connectivity index (χ1n) is 3.23. The molecule has 0 bridgehead atoms. The third-order valence-electron chi connectivity index (χ3n) is 2.09. The van der Waals surface area contributed by atoms with Crippen molar-refractivity contribution in [1.82, 2.24) is 0 Å². The van der Waals surface area contributed by atoms with Gasteiger partial charge in [-0.2, -0.15) is 5.26 Å². The fraction of sp³-hybridized carbons (Fsp3) is 0.667. The number of carbonyl (C=O) groups is 2. The summed E-state index contributed by atoms with van der Waals surface area (Å²) in [6, 6.07) is 0. The second-order valence-corrected chi connectivity index (χ2v) is 2.62. The molecule has 1 fully saturated rings. The van der Waals surface area contributed by atoms with Crippen LogP contribution in [0.1, 0.15) is 19.3 Å². The van der Waals surface area contributed by atoms with Crippen LogP contribution in [0.4, 0.5) is 0 Å². The Balaban J connectivity index is 2.75. The average molecular weight is 160 g/mol. The van der Waals surface area contributed by atoms with Crippen molar-refractivity contribution in [3.05, 3.63) is 0 Å². The molecule has 1 aliphatic carbocycles. The van der Waals surface area contributed by atoms with Crippen LogP contribution in [0.15, 0.2) is 0 Å². The van der Waals surface area contributed by atoms with E-state index in [4.69, 9.17) is 10.4 Å². The van der Waals surface area contributed by atoms with Gasteiger partial charge >= 0.3 is 11.9 Å². The molecule has 0 amide bonds. The smallest absolute Gasteiger partial charge is 0.359 e. The molecule has 62 valence electrons. The number of rotatable bonds is 2. The highest BCUT2D eigenvalue weighted by Crippen LogP contribution is 2.41. The zero-order valence-electron chi connectivity index (χ0n) is 5.74. The summed E-state index contributed by atoms with van der Waals surface area (Å²) in [7, 11) is 0. The Kier molecular flexibility index (Phi) is 1.82. The molecule has 0 aliphatic heterocycles. The summed E-state index contributed by atoms with van der Waals surface area (Å²) in [4.78, 5) is 24.6. The predicted octanol–water partition coefficient (Wildman–Crippen LogP) is 0.257. The van der Waals surface area contributed by atoms with E-state index in [-0.39, 0.29) is 12.8 Å². The Bertz CT molecular complexity index is 193. The third-order valence-corrected chi connectivity index (χ3v) is 2.09. The molecule has 0 unspecified atom stereocenters. The second-order valence-electron chi connectivity index (χ2n) is 2.62. The first kappa shape index (κ1) is 8.00. The summed E-state index contributed by atoms with van der Waals surface area (Å²) in [5, 5.41) is 16.5. The monoisotopic (exact) mass is 160 g/mol. The van der Waals surface area contributed by atoms with Gasteiger partial charge in [0.05, 0.1) is 0 Å². The minimum Gasteiger partial charge on any atom is -0.480 e. The van der Waals surface area contributed by atoms with Crippen molar-refractivity contribution >= 4 is 11.9 Å². The van der Waals surface area contributed by atoms with E-state index in [1.165, 1.54) is 0 Å². The van der Waals surface area contributed by atoms with Gasteiger partial charge in [0, 0.05) is 0 Å². The SMILES string of the molecule is O=C(O)C1(C(=O)OO)CCC1. The minimum absolute atomic E-state index is 0.252. The van der Waals surface area contributed by atoms with E-state index < -0.39 is 17.4 Å². The van der Waals surface area contributed by atoms with Crippen LogP contribution < -0.4 is 0 Å². The van der Waals surface area contributed by atoms with E-state index in [2.05, 4.69) is 4.89 Å². The maximum Gasteiger partial charge on any atom is 0.359 e. The fourth-order valence-corrected chi connectivity index (χ4v) is 1.12. The maximum absolute atomic E-state index is 10.7. The number of hydrogen-bond donors (Lipinski definition) is 2. The van der Waals surface area contributed by atoms with Gasteiger partial charge in [-0.15, -0.1) is 0 Å². The number of aliphatic carboxylic acids is 1. The van der Waals surface area contributed by atoms with Crippen molar-refractivity contribution in [3.8, 4) is 0 Å². The molecule has 0 aromatic carbocycles. The summed E-state index contributed by atoms with van der Waals surface area (Å²) in [5.41, 5.74) is -1.46. The van der Waals surface area contributed by atoms with E-state index in [0.717, 1.165) is 0 Å². The van der Waals surface area contributed by atoms with Gasteiger partial charge in [-0.3, -0.25) is 9.68 Å². The van der Waals surface area contributed by atoms with Gasteiger partial charge < -0.3 is 5.11 Å². The van der Waals surface area contributed by atoms with Crippen LogP contribution in [-0.4, -0.2) is 22.3 Å².